The van der Waals surface area contributed by atoms with Gasteiger partial charge in [0.15, 0.2) is 0 Å². The van der Waals surface area contributed by atoms with Crippen LogP contribution in [0.2, 0.25) is 5.15 Å². The lowest BCUT2D eigenvalue weighted by molar-refractivity contribution is -0.0495. The number of pyridine rings is 1. The van der Waals surface area contributed by atoms with Gasteiger partial charge in [-0.25, -0.2) is 17.8 Å². The summed E-state index contributed by atoms with van der Waals surface area (Å²) in [4.78, 5) is 3.87. The van der Waals surface area contributed by atoms with Crippen molar-refractivity contribution in [1.29, 1.82) is 0 Å². The first-order valence-corrected chi connectivity index (χ1v) is 9.11. The van der Waals surface area contributed by atoms with Gasteiger partial charge in [0.25, 0.3) is 0 Å². The minimum atomic E-state index is -3.57. The van der Waals surface area contributed by atoms with Crippen LogP contribution in [0, 0.1) is 5.82 Å². The Bertz CT molecular complexity index is 905. The lowest BCUT2D eigenvalue weighted by Crippen LogP contribution is -2.18. The molecule has 1 aromatic heterocycles. The summed E-state index contributed by atoms with van der Waals surface area (Å²) in [7, 11) is -3.57. The second kappa shape index (κ2) is 6.72. The molecule has 134 valence electrons. The van der Waals surface area contributed by atoms with E-state index in [2.05, 4.69) is 14.4 Å². The number of halogens is 4. The summed E-state index contributed by atoms with van der Waals surface area (Å²) in [5.74, 6) is -1.20. The average molecular weight is 393 g/mol. The molecule has 0 saturated heterocycles. The number of sulfonamides is 1. The quantitative estimate of drug-likeness (QED) is 0.753. The molecule has 2 aromatic rings. The highest BCUT2D eigenvalue weighted by molar-refractivity contribution is 7.93. The van der Waals surface area contributed by atoms with Gasteiger partial charge in [0, 0.05) is 11.6 Å². The van der Waals surface area contributed by atoms with E-state index in [1.54, 1.807) is 0 Å². The minimum Gasteiger partial charge on any atom is -0.434 e. The van der Waals surface area contributed by atoms with Gasteiger partial charge in [-0.3, -0.25) is 4.72 Å². The molecule has 0 atom stereocenters. The number of rotatable bonds is 6. The molecule has 25 heavy (non-hydrogen) atoms. The number of nitrogens with one attached hydrogen (secondary N) is 1. The minimum absolute atomic E-state index is 0.0540. The number of benzene rings is 1. The Balaban J connectivity index is 2.00. The largest absolute Gasteiger partial charge is 0.434 e. The summed E-state index contributed by atoms with van der Waals surface area (Å²) < 4.78 is 69.1. The maximum Gasteiger partial charge on any atom is 0.387 e. The number of hydrogen-bond donors (Lipinski definition) is 1. The second-order valence-corrected chi connectivity index (χ2v) is 7.78. The molecule has 0 radical (unpaired) electrons. The van der Waals surface area contributed by atoms with E-state index in [1.165, 1.54) is 18.2 Å². The summed E-state index contributed by atoms with van der Waals surface area (Å²) in [6, 6.07) is 5.76. The van der Waals surface area contributed by atoms with Crippen molar-refractivity contribution in [3.05, 3.63) is 41.3 Å². The summed E-state index contributed by atoms with van der Waals surface area (Å²) >= 11 is 5.90. The molecule has 3 rings (SSSR count). The molecule has 1 heterocycles. The molecule has 0 aliphatic heterocycles. The molecule has 1 N–H and O–H groups in total. The van der Waals surface area contributed by atoms with E-state index in [1.807, 2.05) is 0 Å². The average Bonchev–Trinajstić information content (AvgIpc) is 3.30. The number of aromatic nitrogens is 1. The highest BCUT2D eigenvalue weighted by atomic mass is 35.5. The van der Waals surface area contributed by atoms with Crippen LogP contribution in [0.4, 0.5) is 19.0 Å². The zero-order chi connectivity index (χ0) is 18.2. The van der Waals surface area contributed by atoms with Crippen LogP contribution in [0.5, 0.6) is 5.75 Å². The SMILES string of the molecule is O=S(=O)(Nc1cc(-c2ccc(F)cc2OC(F)F)cc(Cl)n1)C1CC1. The van der Waals surface area contributed by atoms with Crippen molar-refractivity contribution in [1.82, 2.24) is 4.98 Å². The molecule has 1 fully saturated rings. The molecule has 0 amide bonds. The van der Waals surface area contributed by atoms with Crippen LogP contribution in [0.25, 0.3) is 11.1 Å². The van der Waals surface area contributed by atoms with E-state index in [-0.39, 0.29) is 22.1 Å². The molecule has 0 unspecified atom stereocenters. The van der Waals surface area contributed by atoms with Crippen molar-refractivity contribution in [2.45, 2.75) is 24.7 Å². The number of nitrogens with zero attached hydrogens (tertiary/aromatic N) is 1. The fourth-order valence-corrected chi connectivity index (χ4v) is 3.77. The Morgan fingerprint density at radius 3 is 2.60 bits per heavy atom. The van der Waals surface area contributed by atoms with Gasteiger partial charge in [-0.1, -0.05) is 11.6 Å². The van der Waals surface area contributed by atoms with Gasteiger partial charge < -0.3 is 4.74 Å². The third-order valence-electron chi connectivity index (χ3n) is 3.47. The lowest BCUT2D eigenvalue weighted by atomic mass is 10.1. The van der Waals surface area contributed by atoms with Gasteiger partial charge in [0.2, 0.25) is 10.0 Å². The molecule has 5 nitrogen and oxygen atoms in total. The van der Waals surface area contributed by atoms with E-state index in [0.29, 0.717) is 12.8 Å². The van der Waals surface area contributed by atoms with Crippen LogP contribution in [0.3, 0.4) is 0 Å². The van der Waals surface area contributed by atoms with Gasteiger partial charge in [0.05, 0.1) is 5.25 Å². The standard InChI is InChI=1S/C15H12ClF3N2O3S/c16-13-5-8(6-14(20-13)21-25(22,23)10-2-3-10)11-4-1-9(17)7-12(11)24-15(18)19/h1,4-7,10,15H,2-3H2,(H,20,21). The molecular weight excluding hydrogens is 381 g/mol. The van der Waals surface area contributed by atoms with Crippen molar-refractivity contribution in [3.63, 3.8) is 0 Å². The Morgan fingerprint density at radius 1 is 1.24 bits per heavy atom. The summed E-state index contributed by atoms with van der Waals surface area (Å²) in [6.07, 6.45) is 1.13. The predicted octanol–water partition coefficient (Wildman–Crippen LogP) is 4.05. The number of alkyl halides is 2. The van der Waals surface area contributed by atoms with E-state index in [9.17, 15) is 21.6 Å². The van der Waals surface area contributed by atoms with E-state index in [0.717, 1.165) is 12.1 Å². The topological polar surface area (TPSA) is 68.3 Å². The zero-order valence-corrected chi connectivity index (χ0v) is 14.1. The third-order valence-corrected chi connectivity index (χ3v) is 5.51. The summed E-state index contributed by atoms with van der Waals surface area (Å²) in [5.41, 5.74) is 0.377. The normalized spacial score (nSPS) is 14.6. The highest BCUT2D eigenvalue weighted by Crippen LogP contribution is 2.35. The molecule has 10 heteroatoms. The van der Waals surface area contributed by atoms with E-state index in [4.69, 9.17) is 11.6 Å². The van der Waals surface area contributed by atoms with Crippen LogP contribution in [0.1, 0.15) is 12.8 Å². The first-order chi connectivity index (χ1) is 11.7. The highest BCUT2D eigenvalue weighted by Gasteiger charge is 2.36. The zero-order valence-electron chi connectivity index (χ0n) is 12.5. The van der Waals surface area contributed by atoms with Gasteiger partial charge in [-0.2, -0.15) is 8.78 Å². The van der Waals surface area contributed by atoms with Crippen LogP contribution >= 0.6 is 11.6 Å². The monoisotopic (exact) mass is 392 g/mol. The van der Waals surface area contributed by atoms with Crippen LogP contribution in [0.15, 0.2) is 30.3 Å². The molecule has 0 spiro atoms. The Hall–Kier alpha value is -2.00. The van der Waals surface area contributed by atoms with Crippen molar-refractivity contribution in [2.75, 3.05) is 4.72 Å². The van der Waals surface area contributed by atoms with E-state index >= 15 is 0 Å². The van der Waals surface area contributed by atoms with E-state index < -0.39 is 33.5 Å². The molecule has 1 aromatic carbocycles. The smallest absolute Gasteiger partial charge is 0.387 e. The first-order valence-electron chi connectivity index (χ1n) is 7.18. The van der Waals surface area contributed by atoms with Gasteiger partial charge in [-0.05, 0) is 42.7 Å². The maximum absolute atomic E-state index is 13.3. The van der Waals surface area contributed by atoms with Crippen LogP contribution in [-0.4, -0.2) is 25.3 Å². The Labute approximate surface area is 146 Å². The maximum atomic E-state index is 13.3. The third kappa shape index (κ3) is 4.35. The summed E-state index contributed by atoms with van der Waals surface area (Å²) in [6.45, 7) is -3.15. The fraction of sp³-hybridized carbons (Fsp3) is 0.267. The molecule has 0 bridgehead atoms. The number of ether oxygens (including phenoxy) is 1. The predicted molar refractivity (Wildman–Crippen MR) is 86.8 cm³/mol. The summed E-state index contributed by atoms with van der Waals surface area (Å²) in [5, 5.41) is -0.529. The number of anilines is 1. The second-order valence-electron chi connectivity index (χ2n) is 5.43. The van der Waals surface area contributed by atoms with Gasteiger partial charge >= 0.3 is 6.61 Å². The van der Waals surface area contributed by atoms with Crippen molar-refractivity contribution >= 4 is 27.4 Å². The van der Waals surface area contributed by atoms with Crippen molar-refractivity contribution < 1.29 is 26.3 Å². The fourth-order valence-electron chi connectivity index (χ4n) is 2.24. The number of hydrogen-bond acceptors (Lipinski definition) is 4. The van der Waals surface area contributed by atoms with Crippen LogP contribution < -0.4 is 9.46 Å². The van der Waals surface area contributed by atoms with Crippen molar-refractivity contribution in [3.8, 4) is 16.9 Å². The molecule has 1 aliphatic rings. The first kappa shape index (κ1) is 17.8. The lowest BCUT2D eigenvalue weighted by Gasteiger charge is -2.13. The van der Waals surface area contributed by atoms with Crippen molar-refractivity contribution in [2.24, 2.45) is 0 Å². The van der Waals surface area contributed by atoms with Gasteiger partial charge in [0.1, 0.15) is 22.5 Å². The molecule has 1 saturated carbocycles. The molecule has 1 aliphatic carbocycles. The van der Waals surface area contributed by atoms with Crippen LogP contribution in [-0.2, 0) is 10.0 Å². The van der Waals surface area contributed by atoms with Gasteiger partial charge in [-0.15, -0.1) is 0 Å². The Kier molecular flexibility index (Phi) is 4.79. The molecular formula is C15H12ClF3N2O3S. The Morgan fingerprint density at radius 2 is 1.96 bits per heavy atom.